The minimum atomic E-state index is -4.08. The predicted octanol–water partition coefficient (Wildman–Crippen LogP) is -25.2. The van der Waals surface area contributed by atoms with E-state index in [0.29, 0.717) is 0 Å². The summed E-state index contributed by atoms with van der Waals surface area (Å²) in [6.07, 6.45) is 0. The van der Waals surface area contributed by atoms with E-state index in [2.05, 4.69) is 0 Å². The van der Waals surface area contributed by atoms with Crippen LogP contribution in [0.15, 0.2) is 0 Å². The Labute approximate surface area is 350 Å². The molecule has 0 spiro atoms. The van der Waals surface area contributed by atoms with Crippen LogP contribution in [0.1, 0.15) is 0 Å². The summed E-state index contributed by atoms with van der Waals surface area (Å²) in [6, 6.07) is 0. The fraction of sp³-hybridized carbons (Fsp3) is 0. The zero-order valence-electron chi connectivity index (χ0n) is 13.5. The Bertz CT molecular complexity index is 231. The third-order valence-corrected chi connectivity index (χ3v) is 0. The SMILES string of the molecule is [Bi+3].[Bi+3].[K+].[K+].[Na+].[Na+].[O]=[Ti]([O-])[O-].[O]=[Ti]([O-])[O-].[O]=[Ti]([O-])[O-].[O]=[Ti]([O-])[O-].[O]=[Ti]([O-])[O-]. The van der Waals surface area contributed by atoms with Crippen LogP contribution < -0.4 is 199 Å². The average Bonchev–Trinajstić information content (AvgIpc) is 1.94. The molecule has 0 unspecified atom stereocenters. The Morgan fingerprint density at radius 2 is 0.346 bits per heavy atom. The van der Waals surface area contributed by atoms with E-state index in [-0.39, 0.29) is 214 Å². The first-order valence-electron chi connectivity index (χ1n) is 3.06. The van der Waals surface area contributed by atoms with Crippen molar-refractivity contribution in [3.8, 4) is 0 Å². The Morgan fingerprint density at radius 3 is 0.346 bits per heavy atom. The van der Waals surface area contributed by atoms with Crippen LogP contribution in [0.5, 0.6) is 0 Å². The number of hydrogen-bond donors (Lipinski definition) is 0. The van der Waals surface area contributed by atoms with Gasteiger partial charge in [-0.05, 0) is 0 Å². The maximum atomic E-state index is 8.58. The molecule has 0 N–H and O–H groups in total. The molecule has 26 heteroatoms. The van der Waals surface area contributed by atoms with Crippen molar-refractivity contribution in [2.24, 2.45) is 0 Å². The molecular weight excluding hydrogens is 1020 g/mol. The van der Waals surface area contributed by atoms with E-state index in [9.17, 15) is 0 Å². The zero-order valence-corrected chi connectivity index (χ0v) is 38.5. The van der Waals surface area contributed by atoms with Gasteiger partial charge < -0.3 is 0 Å². The van der Waals surface area contributed by atoms with Gasteiger partial charge in [-0.3, -0.25) is 0 Å². The Balaban J connectivity index is -0.0000000114. The third-order valence-electron chi connectivity index (χ3n) is 0. The van der Waals surface area contributed by atoms with Crippen LogP contribution in [-0.2, 0) is 110 Å². The summed E-state index contributed by atoms with van der Waals surface area (Å²) in [5, 5.41) is 0. The summed E-state index contributed by atoms with van der Waals surface area (Å²) in [5.41, 5.74) is 0. The molecule has 0 aliphatic carbocycles. The first-order chi connectivity index (χ1) is 8.66. The summed E-state index contributed by atoms with van der Waals surface area (Å²) in [6.45, 7) is 0. The van der Waals surface area contributed by atoms with Gasteiger partial charge in [0.05, 0.1) is 0 Å². The second-order valence-electron chi connectivity index (χ2n) is 1.25. The second kappa shape index (κ2) is 64.4. The van der Waals surface area contributed by atoms with Crippen molar-refractivity contribution in [2.75, 3.05) is 0 Å². The summed E-state index contributed by atoms with van der Waals surface area (Å²) in [4.78, 5) is 0. The maximum absolute atomic E-state index is 8.58. The Hall–Kier alpha value is 9.21. The molecule has 0 saturated heterocycles. The van der Waals surface area contributed by atoms with E-state index in [1.165, 1.54) is 0 Å². The van der Waals surface area contributed by atoms with Gasteiger partial charge in [0.1, 0.15) is 0 Å². The summed E-state index contributed by atoms with van der Waals surface area (Å²) < 4.78 is 129. The van der Waals surface area contributed by atoms with E-state index in [0.717, 1.165) is 0 Å². The zero-order chi connectivity index (χ0) is 17.9. The van der Waals surface area contributed by atoms with Gasteiger partial charge in [0.25, 0.3) is 0 Å². The fourth-order valence-corrected chi connectivity index (χ4v) is 0. The van der Waals surface area contributed by atoms with Crippen LogP contribution in [0, 0.1) is 0 Å². The van der Waals surface area contributed by atoms with Crippen molar-refractivity contribution in [1.29, 1.82) is 0 Å². The monoisotopic (exact) mass is 1020 g/mol. The van der Waals surface area contributed by atoms with Gasteiger partial charge in [0, 0.05) is 0 Å². The van der Waals surface area contributed by atoms with E-state index >= 15 is 0 Å². The quantitative estimate of drug-likeness (QED) is 0.204. The van der Waals surface area contributed by atoms with Crippen molar-refractivity contribution >= 4 is 52.4 Å². The average molecular weight is 1020 g/mol. The fourth-order valence-electron chi connectivity index (χ4n) is 0. The Morgan fingerprint density at radius 1 is 0.346 bits per heavy atom. The van der Waals surface area contributed by atoms with Crippen LogP contribution >= 0.6 is 0 Å². The van der Waals surface area contributed by atoms with Gasteiger partial charge in [0.15, 0.2) is 0 Å². The van der Waals surface area contributed by atoms with Crippen molar-refractivity contribution in [2.45, 2.75) is 0 Å². The molecule has 124 valence electrons. The standard InChI is InChI=1S/2Bi.2K.2Na.15O.5Ti/q2*+3;4*+1;;;;;;10*-1;;;;;. The molecule has 0 heterocycles. The van der Waals surface area contributed by atoms with Crippen LogP contribution in [0.2, 0.25) is 0 Å². The summed E-state index contributed by atoms with van der Waals surface area (Å²) >= 11 is -20.4. The topological polar surface area (TPSA) is 316 Å². The molecule has 0 aliphatic heterocycles. The van der Waals surface area contributed by atoms with Crippen molar-refractivity contribution in [1.82, 2.24) is 0 Å². The molecule has 0 aromatic carbocycles. The predicted molar refractivity (Wildman–Crippen MR) is 14.9 cm³/mol. The van der Waals surface area contributed by atoms with E-state index in [4.69, 9.17) is 53.5 Å². The molecule has 0 aromatic heterocycles. The Kier molecular flexibility index (Phi) is 174. The van der Waals surface area contributed by atoms with Crippen LogP contribution in [0.3, 0.4) is 0 Å². The normalized spacial score (nSPS) is 5.00. The van der Waals surface area contributed by atoms with Gasteiger partial charge in [-0.2, -0.15) is 0 Å². The number of hydrogen-bond acceptors (Lipinski definition) is 15. The molecule has 0 rings (SSSR count). The van der Waals surface area contributed by atoms with Crippen LogP contribution in [0.4, 0.5) is 0 Å². The van der Waals surface area contributed by atoms with Gasteiger partial charge in [0.2, 0.25) is 0 Å². The van der Waals surface area contributed by atoms with Crippen LogP contribution in [0.25, 0.3) is 0 Å². The second-order valence-corrected chi connectivity index (χ2v) is 5.15. The van der Waals surface area contributed by atoms with Gasteiger partial charge in [-0.25, -0.2) is 0 Å². The molecule has 0 atom stereocenters. The van der Waals surface area contributed by atoms with Gasteiger partial charge in [-0.1, -0.05) is 0 Å². The van der Waals surface area contributed by atoms with Crippen LogP contribution in [-0.4, -0.2) is 52.4 Å². The van der Waals surface area contributed by atoms with Crippen molar-refractivity contribution in [3.05, 3.63) is 0 Å². The van der Waals surface area contributed by atoms with Crippen molar-refractivity contribution < 1.29 is 308 Å². The molecule has 0 fully saturated rings. The minimum absolute atomic E-state index is 0. The molecule has 0 bridgehead atoms. The van der Waals surface area contributed by atoms with Gasteiger partial charge in [-0.15, -0.1) is 0 Å². The molecule has 26 heavy (non-hydrogen) atoms. The van der Waals surface area contributed by atoms with Gasteiger partial charge >= 0.3 is 361 Å². The van der Waals surface area contributed by atoms with Crippen molar-refractivity contribution in [3.63, 3.8) is 0 Å². The first-order valence-corrected chi connectivity index (χ1v) is 12.6. The molecule has 0 saturated carbocycles. The molecule has 0 aromatic rings. The number of rotatable bonds is 0. The molecule has 4 radical (unpaired) electrons. The summed E-state index contributed by atoms with van der Waals surface area (Å²) in [5.74, 6) is 0. The third kappa shape index (κ3) is 406. The molecule has 0 amide bonds. The first kappa shape index (κ1) is 70.3. The van der Waals surface area contributed by atoms with E-state index in [1.807, 2.05) is 0 Å². The molecular formula is Bi2K2Na2O15Ti5. The summed E-state index contributed by atoms with van der Waals surface area (Å²) in [7, 11) is 0. The molecule has 0 aliphatic rings. The molecule has 15 nitrogen and oxygen atoms in total. The van der Waals surface area contributed by atoms with E-state index < -0.39 is 93.1 Å². The van der Waals surface area contributed by atoms with E-state index in [1.54, 1.807) is 0 Å².